The molecule has 0 radical (unpaired) electrons. The highest BCUT2D eigenvalue weighted by Gasteiger charge is 2.29. The summed E-state index contributed by atoms with van der Waals surface area (Å²) in [7, 11) is 4.74. The molecule has 2 aliphatic rings. The molecule has 2 amide bonds. The number of rotatable bonds is 11. The SMILES string of the molecule is COc1cc2c(c(OC)c1OC)-c1ccc(NCCCCCC(=O)N3CCc4c([nH]c5ccccc45)C3)c(=O)cc1[C@H](NC(C)=O)CC2. The maximum Gasteiger partial charge on any atom is 0.222 e. The number of aromatic amines is 1. The minimum atomic E-state index is -0.361. The lowest BCUT2D eigenvalue weighted by Gasteiger charge is -2.27. The largest absolute Gasteiger partial charge is 0.493 e. The van der Waals surface area contributed by atoms with Crippen molar-refractivity contribution in [3.63, 3.8) is 0 Å². The fourth-order valence-electron chi connectivity index (χ4n) is 7.22. The van der Waals surface area contributed by atoms with Crippen molar-refractivity contribution in [2.45, 2.75) is 64.5 Å². The normalized spacial score (nSPS) is 15.1. The lowest BCUT2D eigenvalue weighted by Crippen LogP contribution is -2.35. The Morgan fingerprint density at radius 2 is 1.77 bits per heavy atom. The van der Waals surface area contributed by atoms with E-state index >= 15 is 0 Å². The first kappa shape index (κ1) is 32.9. The second-order valence-electron chi connectivity index (χ2n) is 12.5. The molecule has 0 saturated carbocycles. The van der Waals surface area contributed by atoms with Gasteiger partial charge in [0, 0.05) is 48.6 Å². The molecule has 10 nitrogen and oxygen atoms in total. The summed E-state index contributed by atoms with van der Waals surface area (Å²) < 4.78 is 17.2. The van der Waals surface area contributed by atoms with Crippen molar-refractivity contribution in [2.24, 2.45) is 0 Å². The van der Waals surface area contributed by atoms with E-state index in [0.29, 0.717) is 55.3 Å². The fourth-order valence-corrected chi connectivity index (χ4v) is 7.22. The van der Waals surface area contributed by atoms with E-state index in [4.69, 9.17) is 14.2 Å². The number of hydrogen-bond donors (Lipinski definition) is 3. The molecule has 1 aliphatic carbocycles. The number of para-hydroxylation sites is 1. The third kappa shape index (κ3) is 6.56. The zero-order chi connectivity index (χ0) is 33.8. The second kappa shape index (κ2) is 14.4. The van der Waals surface area contributed by atoms with Gasteiger partial charge in [0.2, 0.25) is 23.0 Å². The molecule has 0 bridgehead atoms. The standard InChI is InChI=1S/C38H44N4O6/c1-23(43)40-30-15-13-24-20-34(46-2)37(47-3)38(48-4)36(24)27-14-16-31(33(44)21-28(27)30)39-18-9-5-6-12-35(45)42-19-17-26-25-10-7-8-11-29(25)41-32(26)22-42/h7-8,10-11,14,16,20-21,30,41H,5-6,9,12-13,15,17-19,22H2,1-4H3,(H,39,44)(H,40,43)/t30-/m1/s1. The molecule has 0 unspecified atom stereocenters. The first-order valence-electron chi connectivity index (χ1n) is 16.7. The molecule has 6 rings (SSSR count). The fraction of sp³-hybridized carbons (Fsp3) is 0.395. The highest BCUT2D eigenvalue weighted by atomic mass is 16.5. The predicted molar refractivity (Wildman–Crippen MR) is 187 cm³/mol. The highest BCUT2D eigenvalue weighted by molar-refractivity contribution is 5.86. The summed E-state index contributed by atoms with van der Waals surface area (Å²) in [6, 6.07) is 15.2. The zero-order valence-corrected chi connectivity index (χ0v) is 28.2. The van der Waals surface area contributed by atoms with Crippen LogP contribution in [-0.2, 0) is 29.0 Å². The lowest BCUT2D eigenvalue weighted by molar-refractivity contribution is -0.132. The number of nitrogens with zero attached hydrogens (tertiary/aromatic N) is 1. The number of ether oxygens (including phenoxy) is 3. The molecular weight excluding hydrogens is 608 g/mol. The van der Waals surface area contributed by atoms with Crippen LogP contribution >= 0.6 is 0 Å². The number of aromatic nitrogens is 1. The Hall–Kier alpha value is -4.99. The van der Waals surface area contributed by atoms with Gasteiger partial charge >= 0.3 is 0 Å². The summed E-state index contributed by atoms with van der Waals surface area (Å²) in [5.74, 6) is 1.56. The number of carbonyl (C=O) groups excluding carboxylic acids is 2. The molecule has 2 heterocycles. The van der Waals surface area contributed by atoms with E-state index in [-0.39, 0.29) is 23.3 Å². The summed E-state index contributed by atoms with van der Waals surface area (Å²) in [5, 5.41) is 7.62. The predicted octanol–water partition coefficient (Wildman–Crippen LogP) is 5.90. The number of aryl methyl sites for hydroxylation is 1. The average molecular weight is 653 g/mol. The molecule has 3 aromatic carbocycles. The van der Waals surface area contributed by atoms with E-state index in [9.17, 15) is 14.4 Å². The van der Waals surface area contributed by atoms with Crippen molar-refractivity contribution in [2.75, 3.05) is 39.7 Å². The molecule has 0 saturated heterocycles. The van der Waals surface area contributed by atoms with E-state index in [2.05, 4.69) is 33.8 Å². The Labute approximate surface area is 280 Å². The Morgan fingerprint density at radius 1 is 0.958 bits per heavy atom. The van der Waals surface area contributed by atoms with E-state index in [1.165, 1.54) is 17.9 Å². The highest BCUT2D eigenvalue weighted by Crippen LogP contribution is 2.50. The van der Waals surface area contributed by atoms with Gasteiger partial charge in [0.05, 0.1) is 39.6 Å². The summed E-state index contributed by atoms with van der Waals surface area (Å²) in [6.45, 7) is 3.46. The summed E-state index contributed by atoms with van der Waals surface area (Å²) in [5.41, 5.74) is 7.24. The number of carbonyl (C=O) groups is 2. The minimum absolute atomic E-state index is 0.161. The molecule has 1 atom stereocenters. The van der Waals surface area contributed by atoms with Crippen LogP contribution < -0.4 is 30.3 Å². The molecule has 3 N–H and O–H groups in total. The third-order valence-electron chi connectivity index (χ3n) is 9.53. The van der Waals surface area contributed by atoms with Crippen molar-refractivity contribution in [1.82, 2.24) is 15.2 Å². The van der Waals surface area contributed by atoms with Gasteiger partial charge in [0.1, 0.15) is 0 Å². The number of unbranched alkanes of at least 4 members (excludes halogenated alkanes) is 2. The molecule has 0 spiro atoms. The summed E-state index contributed by atoms with van der Waals surface area (Å²) in [4.78, 5) is 44.2. The molecule has 4 aromatic rings. The van der Waals surface area contributed by atoms with Crippen LogP contribution in [0.4, 0.5) is 5.69 Å². The van der Waals surface area contributed by atoms with Gasteiger partial charge in [0.25, 0.3) is 0 Å². The molecule has 10 heteroatoms. The second-order valence-corrected chi connectivity index (χ2v) is 12.5. The topological polar surface area (TPSA) is 122 Å². The van der Waals surface area contributed by atoms with Gasteiger partial charge in [-0.2, -0.15) is 0 Å². The van der Waals surface area contributed by atoms with Crippen LogP contribution in [-0.4, -0.2) is 56.1 Å². The Kier molecular flexibility index (Phi) is 9.89. The van der Waals surface area contributed by atoms with Crippen molar-refractivity contribution in [1.29, 1.82) is 0 Å². The van der Waals surface area contributed by atoms with Crippen LogP contribution in [0.25, 0.3) is 22.0 Å². The van der Waals surface area contributed by atoms with Gasteiger partial charge in [-0.05, 0) is 78.6 Å². The van der Waals surface area contributed by atoms with Gasteiger partial charge in [-0.3, -0.25) is 14.4 Å². The van der Waals surface area contributed by atoms with Gasteiger partial charge < -0.3 is 34.7 Å². The molecule has 1 aromatic heterocycles. The average Bonchev–Trinajstić information content (AvgIpc) is 3.30. The number of hydrogen-bond acceptors (Lipinski definition) is 7. The quantitative estimate of drug-likeness (QED) is 0.173. The molecule has 1 aliphatic heterocycles. The smallest absolute Gasteiger partial charge is 0.222 e. The monoisotopic (exact) mass is 652 g/mol. The number of amides is 2. The van der Waals surface area contributed by atoms with Crippen LogP contribution in [0.15, 0.2) is 53.3 Å². The summed E-state index contributed by atoms with van der Waals surface area (Å²) >= 11 is 0. The van der Waals surface area contributed by atoms with Crippen LogP contribution in [0.1, 0.15) is 67.5 Å². The van der Waals surface area contributed by atoms with E-state index in [0.717, 1.165) is 65.7 Å². The maximum absolute atomic E-state index is 13.5. The number of anilines is 1. The zero-order valence-electron chi connectivity index (χ0n) is 28.2. The van der Waals surface area contributed by atoms with Gasteiger partial charge in [0.15, 0.2) is 11.5 Å². The van der Waals surface area contributed by atoms with Crippen LogP contribution in [0.2, 0.25) is 0 Å². The van der Waals surface area contributed by atoms with Crippen LogP contribution in [0, 0.1) is 0 Å². The van der Waals surface area contributed by atoms with Crippen molar-refractivity contribution in [3.05, 3.63) is 81.1 Å². The molecule has 0 fully saturated rings. The Balaban J connectivity index is 1.12. The Morgan fingerprint density at radius 3 is 2.54 bits per heavy atom. The molecule has 48 heavy (non-hydrogen) atoms. The van der Waals surface area contributed by atoms with Crippen LogP contribution in [0.3, 0.4) is 0 Å². The summed E-state index contributed by atoms with van der Waals surface area (Å²) in [6.07, 6.45) is 5.09. The molecular formula is C38H44N4O6. The number of fused-ring (bicyclic) bond motifs is 6. The van der Waals surface area contributed by atoms with Crippen molar-refractivity contribution >= 4 is 28.4 Å². The number of H-pyrrole nitrogens is 1. The van der Waals surface area contributed by atoms with E-state index in [1.807, 2.05) is 23.1 Å². The number of methoxy groups -OCH3 is 3. The first-order valence-corrected chi connectivity index (χ1v) is 16.7. The third-order valence-corrected chi connectivity index (χ3v) is 9.53. The lowest BCUT2D eigenvalue weighted by atomic mass is 9.95. The minimum Gasteiger partial charge on any atom is -0.493 e. The van der Waals surface area contributed by atoms with Gasteiger partial charge in [-0.1, -0.05) is 30.7 Å². The first-order chi connectivity index (χ1) is 23.3. The van der Waals surface area contributed by atoms with Gasteiger partial charge in [-0.25, -0.2) is 0 Å². The van der Waals surface area contributed by atoms with Crippen LogP contribution in [0.5, 0.6) is 17.2 Å². The molecule has 252 valence electrons. The van der Waals surface area contributed by atoms with Crippen molar-refractivity contribution < 1.29 is 23.8 Å². The Bertz CT molecular complexity index is 1900. The maximum atomic E-state index is 13.5. The van der Waals surface area contributed by atoms with Crippen molar-refractivity contribution in [3.8, 4) is 28.4 Å². The number of benzene rings is 2. The van der Waals surface area contributed by atoms with Gasteiger partial charge in [-0.15, -0.1) is 0 Å². The number of nitrogens with one attached hydrogen (secondary N) is 3. The van der Waals surface area contributed by atoms with E-state index < -0.39 is 0 Å². The van der Waals surface area contributed by atoms with E-state index in [1.54, 1.807) is 33.5 Å².